The monoisotopic (exact) mass is 261 g/mol. The van der Waals surface area contributed by atoms with Crippen molar-refractivity contribution in [1.29, 1.82) is 0 Å². The molecule has 104 valence electrons. The van der Waals surface area contributed by atoms with Crippen LogP contribution in [0.5, 0.6) is 0 Å². The molecule has 4 heteroatoms. The molecular formula is C15H23N3O. The highest BCUT2D eigenvalue weighted by Crippen LogP contribution is 2.28. The van der Waals surface area contributed by atoms with Crippen molar-refractivity contribution >= 4 is 11.6 Å². The number of rotatable bonds is 6. The first kappa shape index (κ1) is 13.9. The number of carbonyl (C=O) groups is 1. The predicted octanol–water partition coefficient (Wildman–Crippen LogP) is 1.16. The van der Waals surface area contributed by atoms with Gasteiger partial charge in [0.25, 0.3) is 0 Å². The van der Waals surface area contributed by atoms with E-state index in [1.165, 1.54) is 11.3 Å². The quantitative estimate of drug-likeness (QED) is 0.808. The summed E-state index contributed by atoms with van der Waals surface area (Å²) in [7, 11) is 1.86. The minimum Gasteiger partial charge on any atom is -0.366 e. The van der Waals surface area contributed by atoms with Crippen LogP contribution in [-0.2, 0) is 11.2 Å². The van der Waals surface area contributed by atoms with Gasteiger partial charge in [-0.25, -0.2) is 0 Å². The van der Waals surface area contributed by atoms with E-state index in [0.29, 0.717) is 19.0 Å². The van der Waals surface area contributed by atoms with Crippen LogP contribution in [0.2, 0.25) is 0 Å². The minimum absolute atomic E-state index is 0.119. The molecule has 1 unspecified atom stereocenters. The van der Waals surface area contributed by atoms with Gasteiger partial charge < -0.3 is 15.5 Å². The standard InChI is InChI=1S/C15H23N3O/c1-12(11-17-15(19)7-9-16-2)18-10-8-13-5-3-4-6-14(13)18/h3-6,12,16H,7-11H2,1-2H3,(H,17,19). The summed E-state index contributed by atoms with van der Waals surface area (Å²) in [6.45, 7) is 4.65. The van der Waals surface area contributed by atoms with Crippen LogP contribution in [0.25, 0.3) is 0 Å². The van der Waals surface area contributed by atoms with Crippen LogP contribution in [0.15, 0.2) is 24.3 Å². The SMILES string of the molecule is CNCCC(=O)NCC(C)N1CCc2ccccc21. The Morgan fingerprint density at radius 2 is 2.21 bits per heavy atom. The second kappa shape index (κ2) is 6.57. The van der Waals surface area contributed by atoms with E-state index in [2.05, 4.69) is 46.7 Å². The Kier molecular flexibility index (Phi) is 4.80. The topological polar surface area (TPSA) is 44.4 Å². The molecule has 1 aromatic rings. The number of hydrogen-bond donors (Lipinski definition) is 2. The summed E-state index contributed by atoms with van der Waals surface area (Å²) in [6, 6.07) is 8.86. The Bertz CT molecular complexity index is 433. The van der Waals surface area contributed by atoms with Gasteiger partial charge in [-0.15, -0.1) is 0 Å². The van der Waals surface area contributed by atoms with Crippen LogP contribution in [-0.4, -0.2) is 38.6 Å². The van der Waals surface area contributed by atoms with Crippen molar-refractivity contribution in [2.75, 3.05) is 31.6 Å². The first-order chi connectivity index (χ1) is 9.22. The lowest BCUT2D eigenvalue weighted by atomic mass is 10.2. The van der Waals surface area contributed by atoms with Crippen LogP contribution in [0.4, 0.5) is 5.69 Å². The third kappa shape index (κ3) is 3.47. The summed E-state index contributed by atoms with van der Waals surface area (Å²) >= 11 is 0. The first-order valence-electron chi connectivity index (χ1n) is 6.98. The average Bonchev–Trinajstić information content (AvgIpc) is 2.86. The smallest absolute Gasteiger partial charge is 0.221 e. The summed E-state index contributed by atoms with van der Waals surface area (Å²) in [5.74, 6) is 0.119. The highest BCUT2D eigenvalue weighted by Gasteiger charge is 2.22. The molecule has 1 heterocycles. The Morgan fingerprint density at radius 1 is 1.42 bits per heavy atom. The Labute approximate surface area is 115 Å². The summed E-state index contributed by atoms with van der Waals surface area (Å²) in [5.41, 5.74) is 2.73. The van der Waals surface area contributed by atoms with Gasteiger partial charge in [-0.2, -0.15) is 0 Å². The van der Waals surface area contributed by atoms with Crippen molar-refractivity contribution in [3.8, 4) is 0 Å². The third-order valence-corrected chi connectivity index (χ3v) is 3.65. The fraction of sp³-hybridized carbons (Fsp3) is 0.533. The van der Waals surface area contributed by atoms with Gasteiger partial charge in [0.05, 0.1) is 0 Å². The average molecular weight is 261 g/mol. The van der Waals surface area contributed by atoms with Crippen LogP contribution >= 0.6 is 0 Å². The van der Waals surface area contributed by atoms with Gasteiger partial charge in [0.1, 0.15) is 0 Å². The van der Waals surface area contributed by atoms with E-state index in [0.717, 1.165) is 19.5 Å². The van der Waals surface area contributed by atoms with Gasteiger partial charge in [0.15, 0.2) is 0 Å². The van der Waals surface area contributed by atoms with Crippen LogP contribution in [0, 0.1) is 0 Å². The zero-order valence-corrected chi connectivity index (χ0v) is 11.8. The lowest BCUT2D eigenvalue weighted by molar-refractivity contribution is -0.121. The predicted molar refractivity (Wildman–Crippen MR) is 78.5 cm³/mol. The Balaban J connectivity index is 1.85. The third-order valence-electron chi connectivity index (χ3n) is 3.65. The fourth-order valence-corrected chi connectivity index (χ4v) is 2.52. The highest BCUT2D eigenvalue weighted by molar-refractivity contribution is 5.76. The van der Waals surface area contributed by atoms with Gasteiger partial charge in [-0.1, -0.05) is 18.2 Å². The molecule has 2 N–H and O–H groups in total. The molecule has 4 nitrogen and oxygen atoms in total. The number of hydrogen-bond acceptors (Lipinski definition) is 3. The van der Waals surface area contributed by atoms with E-state index in [9.17, 15) is 4.79 Å². The molecule has 1 atom stereocenters. The number of nitrogens with one attached hydrogen (secondary N) is 2. The normalized spacial score (nSPS) is 15.2. The molecule has 0 aromatic heterocycles. The van der Waals surface area contributed by atoms with E-state index in [-0.39, 0.29) is 5.91 Å². The molecule has 2 rings (SSSR count). The molecule has 0 saturated carbocycles. The second-order valence-corrected chi connectivity index (χ2v) is 5.08. The first-order valence-corrected chi connectivity index (χ1v) is 6.98. The number of fused-ring (bicyclic) bond motifs is 1. The second-order valence-electron chi connectivity index (χ2n) is 5.08. The largest absolute Gasteiger partial charge is 0.366 e. The van der Waals surface area contributed by atoms with Gasteiger partial charge >= 0.3 is 0 Å². The maximum atomic E-state index is 11.6. The lowest BCUT2D eigenvalue weighted by Crippen LogP contribution is -2.41. The molecule has 0 spiro atoms. The van der Waals surface area contributed by atoms with E-state index < -0.39 is 0 Å². The molecule has 1 aliphatic rings. The Morgan fingerprint density at radius 3 is 3.00 bits per heavy atom. The highest BCUT2D eigenvalue weighted by atomic mass is 16.1. The number of benzene rings is 1. The zero-order chi connectivity index (χ0) is 13.7. The lowest BCUT2D eigenvalue weighted by Gasteiger charge is -2.27. The molecule has 0 aliphatic carbocycles. The summed E-state index contributed by atoms with van der Waals surface area (Å²) < 4.78 is 0. The van der Waals surface area contributed by atoms with Crippen molar-refractivity contribution in [3.05, 3.63) is 29.8 Å². The number of amides is 1. The summed E-state index contributed by atoms with van der Waals surface area (Å²) in [6.07, 6.45) is 1.65. The molecule has 1 aliphatic heterocycles. The van der Waals surface area contributed by atoms with Gasteiger partial charge in [-0.05, 0) is 32.0 Å². The minimum atomic E-state index is 0.119. The summed E-state index contributed by atoms with van der Waals surface area (Å²) in [5, 5.41) is 5.99. The van der Waals surface area contributed by atoms with E-state index >= 15 is 0 Å². The van der Waals surface area contributed by atoms with Crippen LogP contribution in [0.1, 0.15) is 18.9 Å². The molecule has 0 radical (unpaired) electrons. The Hall–Kier alpha value is -1.55. The molecular weight excluding hydrogens is 238 g/mol. The van der Waals surface area contributed by atoms with Crippen LogP contribution in [0.3, 0.4) is 0 Å². The number of para-hydroxylation sites is 1. The maximum absolute atomic E-state index is 11.6. The van der Waals surface area contributed by atoms with Crippen molar-refractivity contribution in [2.24, 2.45) is 0 Å². The fourth-order valence-electron chi connectivity index (χ4n) is 2.52. The number of carbonyl (C=O) groups excluding carboxylic acids is 1. The number of anilines is 1. The van der Waals surface area contributed by atoms with E-state index in [1.807, 2.05) is 7.05 Å². The van der Waals surface area contributed by atoms with Crippen molar-refractivity contribution in [1.82, 2.24) is 10.6 Å². The van der Waals surface area contributed by atoms with E-state index in [4.69, 9.17) is 0 Å². The molecule has 0 bridgehead atoms. The van der Waals surface area contributed by atoms with Gasteiger partial charge in [0.2, 0.25) is 5.91 Å². The molecule has 1 aromatic carbocycles. The van der Waals surface area contributed by atoms with E-state index in [1.54, 1.807) is 0 Å². The van der Waals surface area contributed by atoms with Gasteiger partial charge in [-0.3, -0.25) is 4.79 Å². The molecule has 0 fully saturated rings. The molecule has 19 heavy (non-hydrogen) atoms. The summed E-state index contributed by atoms with van der Waals surface area (Å²) in [4.78, 5) is 14.0. The van der Waals surface area contributed by atoms with Crippen LogP contribution < -0.4 is 15.5 Å². The maximum Gasteiger partial charge on any atom is 0.221 e. The molecule has 0 saturated heterocycles. The molecule has 1 amide bonds. The number of nitrogens with zero attached hydrogens (tertiary/aromatic N) is 1. The zero-order valence-electron chi connectivity index (χ0n) is 11.8. The van der Waals surface area contributed by atoms with Crippen molar-refractivity contribution in [3.63, 3.8) is 0 Å². The van der Waals surface area contributed by atoms with Crippen molar-refractivity contribution in [2.45, 2.75) is 25.8 Å². The van der Waals surface area contributed by atoms with Gasteiger partial charge in [0, 0.05) is 37.8 Å². The van der Waals surface area contributed by atoms with Crippen molar-refractivity contribution < 1.29 is 4.79 Å².